The van der Waals surface area contributed by atoms with E-state index >= 15 is 0 Å². The lowest BCUT2D eigenvalue weighted by Crippen LogP contribution is -2.32. The molecular weight excluding hydrogens is 418 g/mol. The zero-order valence-corrected chi connectivity index (χ0v) is 16.8. The van der Waals surface area contributed by atoms with Crippen molar-refractivity contribution in [2.24, 2.45) is 0 Å². The van der Waals surface area contributed by atoms with Crippen molar-refractivity contribution in [2.45, 2.75) is 13.0 Å². The van der Waals surface area contributed by atoms with Crippen molar-refractivity contribution in [2.75, 3.05) is 11.4 Å². The molecule has 2 aromatic heterocycles. The number of nitrogens with zero attached hydrogens (tertiary/aromatic N) is 4. The molecule has 0 atom stereocenters. The van der Waals surface area contributed by atoms with E-state index in [1.807, 2.05) is 10.8 Å². The van der Waals surface area contributed by atoms with Gasteiger partial charge in [0.15, 0.2) is 5.13 Å². The molecule has 4 rings (SSSR count). The number of imidazole rings is 1. The normalized spacial score (nSPS) is 10.7. The van der Waals surface area contributed by atoms with Crippen molar-refractivity contribution >= 4 is 45.0 Å². The number of hydrogen-bond donors (Lipinski definition) is 0. The van der Waals surface area contributed by atoms with Crippen molar-refractivity contribution in [1.82, 2.24) is 14.5 Å². The molecule has 0 bridgehead atoms. The monoisotopic (exact) mass is 434 g/mol. The first kappa shape index (κ1) is 20.9. The van der Waals surface area contributed by atoms with E-state index in [0.29, 0.717) is 34.9 Å². The van der Waals surface area contributed by atoms with Crippen LogP contribution in [0.4, 0.5) is 13.9 Å². The second-order valence-corrected chi connectivity index (χ2v) is 7.24. The van der Waals surface area contributed by atoms with Gasteiger partial charge in [-0.15, -0.1) is 12.4 Å². The van der Waals surface area contributed by atoms with E-state index in [4.69, 9.17) is 0 Å². The maximum Gasteiger partial charge on any atom is 0.260 e. The van der Waals surface area contributed by atoms with Gasteiger partial charge >= 0.3 is 0 Å². The fraction of sp³-hybridized carbons (Fsp3) is 0.150. The van der Waals surface area contributed by atoms with Gasteiger partial charge < -0.3 is 4.57 Å². The molecule has 2 heterocycles. The van der Waals surface area contributed by atoms with E-state index in [1.165, 1.54) is 46.6 Å². The first-order valence-corrected chi connectivity index (χ1v) is 9.51. The van der Waals surface area contributed by atoms with E-state index in [0.717, 1.165) is 0 Å². The standard InChI is InChI=1S/C20H16F2N4OS.ClH/c21-15-4-1-3-14(11-15)19(27)26(9-2-8-25-10-7-23-13-25)20-24-17-6-5-16(22)12-18(17)28-20;/h1,3-7,10-13H,2,8-9H2;1H. The van der Waals surface area contributed by atoms with Crippen LogP contribution in [0, 0.1) is 11.6 Å². The number of hydrogen-bond acceptors (Lipinski definition) is 4. The van der Waals surface area contributed by atoms with Gasteiger partial charge in [-0.05, 0) is 42.8 Å². The molecule has 4 aromatic rings. The zero-order chi connectivity index (χ0) is 19.5. The van der Waals surface area contributed by atoms with Gasteiger partial charge in [0.1, 0.15) is 11.6 Å². The summed E-state index contributed by atoms with van der Waals surface area (Å²) in [7, 11) is 0. The first-order valence-electron chi connectivity index (χ1n) is 8.69. The van der Waals surface area contributed by atoms with E-state index in [-0.39, 0.29) is 29.7 Å². The van der Waals surface area contributed by atoms with Gasteiger partial charge in [0.25, 0.3) is 5.91 Å². The third-order valence-corrected chi connectivity index (χ3v) is 5.29. The minimum absolute atomic E-state index is 0. The summed E-state index contributed by atoms with van der Waals surface area (Å²) in [6.07, 6.45) is 5.90. The molecule has 5 nitrogen and oxygen atoms in total. The Morgan fingerprint density at radius 2 is 1.97 bits per heavy atom. The lowest BCUT2D eigenvalue weighted by molar-refractivity contribution is 0.0986. The Labute approximate surface area is 176 Å². The molecule has 0 fully saturated rings. The molecular formula is C20H17ClF2N4OS. The Kier molecular flexibility index (Phi) is 6.56. The predicted octanol–water partition coefficient (Wildman–Crippen LogP) is 4.93. The molecule has 0 aliphatic rings. The Hall–Kier alpha value is -2.84. The summed E-state index contributed by atoms with van der Waals surface area (Å²) in [6, 6.07) is 9.89. The van der Waals surface area contributed by atoms with Crippen molar-refractivity contribution in [3.63, 3.8) is 0 Å². The highest BCUT2D eigenvalue weighted by Crippen LogP contribution is 2.30. The van der Waals surface area contributed by atoms with Crippen LogP contribution in [0.15, 0.2) is 61.2 Å². The Bertz CT molecular complexity index is 1120. The molecule has 0 aliphatic carbocycles. The minimum Gasteiger partial charge on any atom is -0.337 e. The van der Waals surface area contributed by atoms with E-state index in [1.54, 1.807) is 24.7 Å². The number of benzene rings is 2. The molecule has 0 radical (unpaired) electrons. The molecule has 150 valence electrons. The molecule has 0 N–H and O–H groups in total. The summed E-state index contributed by atoms with van der Waals surface area (Å²) in [5.41, 5.74) is 0.862. The smallest absolute Gasteiger partial charge is 0.260 e. The van der Waals surface area contributed by atoms with Crippen LogP contribution in [0.25, 0.3) is 10.2 Å². The number of anilines is 1. The van der Waals surface area contributed by atoms with Crippen LogP contribution < -0.4 is 4.90 Å². The summed E-state index contributed by atoms with van der Waals surface area (Å²) < 4.78 is 29.7. The lowest BCUT2D eigenvalue weighted by atomic mass is 10.2. The molecule has 0 saturated carbocycles. The Morgan fingerprint density at radius 1 is 1.14 bits per heavy atom. The maximum absolute atomic E-state index is 13.6. The molecule has 0 spiro atoms. The van der Waals surface area contributed by atoms with Gasteiger partial charge in [-0.1, -0.05) is 17.4 Å². The van der Waals surface area contributed by atoms with Crippen LogP contribution in [0.1, 0.15) is 16.8 Å². The van der Waals surface area contributed by atoms with Gasteiger partial charge in [-0.25, -0.2) is 18.7 Å². The largest absolute Gasteiger partial charge is 0.337 e. The highest BCUT2D eigenvalue weighted by atomic mass is 35.5. The van der Waals surface area contributed by atoms with Crippen molar-refractivity contribution in [1.29, 1.82) is 0 Å². The summed E-state index contributed by atoms with van der Waals surface area (Å²) in [4.78, 5) is 23.1. The topological polar surface area (TPSA) is 51.0 Å². The predicted molar refractivity (Wildman–Crippen MR) is 112 cm³/mol. The summed E-state index contributed by atoms with van der Waals surface area (Å²) in [5.74, 6) is -1.17. The van der Waals surface area contributed by atoms with Crippen LogP contribution in [0.5, 0.6) is 0 Å². The number of carbonyl (C=O) groups excluding carboxylic acids is 1. The van der Waals surface area contributed by atoms with E-state index in [2.05, 4.69) is 9.97 Å². The Balaban J connectivity index is 0.00000240. The van der Waals surface area contributed by atoms with E-state index < -0.39 is 5.82 Å². The van der Waals surface area contributed by atoms with Crippen LogP contribution >= 0.6 is 23.7 Å². The third-order valence-electron chi connectivity index (χ3n) is 4.24. The van der Waals surface area contributed by atoms with Gasteiger partial charge in [-0.3, -0.25) is 9.69 Å². The number of carbonyl (C=O) groups is 1. The zero-order valence-electron chi connectivity index (χ0n) is 15.2. The SMILES string of the molecule is Cl.O=C(c1cccc(F)c1)N(CCCn1ccnc1)c1nc2ccc(F)cc2s1. The molecule has 9 heteroatoms. The van der Waals surface area contributed by atoms with Gasteiger partial charge in [0, 0.05) is 31.0 Å². The van der Waals surface area contributed by atoms with Crippen molar-refractivity contribution in [3.05, 3.63) is 78.4 Å². The lowest BCUT2D eigenvalue weighted by Gasteiger charge is -2.20. The maximum atomic E-state index is 13.6. The number of aromatic nitrogens is 3. The van der Waals surface area contributed by atoms with Crippen LogP contribution in [0.2, 0.25) is 0 Å². The van der Waals surface area contributed by atoms with Crippen LogP contribution in [0.3, 0.4) is 0 Å². The average molecular weight is 435 g/mol. The number of thiazole rings is 1. The van der Waals surface area contributed by atoms with E-state index in [9.17, 15) is 13.6 Å². The fourth-order valence-corrected chi connectivity index (χ4v) is 3.91. The van der Waals surface area contributed by atoms with Crippen LogP contribution in [-0.4, -0.2) is 27.0 Å². The highest BCUT2D eigenvalue weighted by Gasteiger charge is 2.21. The average Bonchev–Trinajstić information content (AvgIpc) is 3.34. The quantitative estimate of drug-likeness (QED) is 0.432. The summed E-state index contributed by atoms with van der Waals surface area (Å²) in [6.45, 7) is 1.06. The summed E-state index contributed by atoms with van der Waals surface area (Å²) in [5, 5.41) is 0.459. The third kappa shape index (κ3) is 4.78. The second kappa shape index (κ2) is 9.11. The van der Waals surface area contributed by atoms with Gasteiger partial charge in [0.2, 0.25) is 0 Å². The molecule has 1 amide bonds. The summed E-state index contributed by atoms with van der Waals surface area (Å²) >= 11 is 1.24. The molecule has 2 aromatic carbocycles. The van der Waals surface area contributed by atoms with Crippen molar-refractivity contribution < 1.29 is 13.6 Å². The number of fused-ring (bicyclic) bond motifs is 1. The molecule has 0 aliphatic heterocycles. The second-order valence-electron chi connectivity index (χ2n) is 6.23. The Morgan fingerprint density at radius 3 is 2.72 bits per heavy atom. The fourth-order valence-electron chi connectivity index (χ4n) is 2.89. The first-order chi connectivity index (χ1) is 13.6. The molecule has 0 unspecified atom stereocenters. The number of amides is 1. The number of rotatable bonds is 6. The van der Waals surface area contributed by atoms with Crippen molar-refractivity contribution in [3.8, 4) is 0 Å². The van der Waals surface area contributed by atoms with Gasteiger partial charge in [0.05, 0.1) is 16.5 Å². The van der Waals surface area contributed by atoms with Gasteiger partial charge in [-0.2, -0.15) is 0 Å². The number of aryl methyl sites for hydroxylation is 1. The molecule has 29 heavy (non-hydrogen) atoms. The minimum atomic E-state index is -0.476. The highest BCUT2D eigenvalue weighted by molar-refractivity contribution is 7.22. The number of halogens is 3. The molecule has 0 saturated heterocycles. The van der Waals surface area contributed by atoms with Crippen LogP contribution in [-0.2, 0) is 6.54 Å².